The Bertz CT molecular complexity index is 411. The van der Waals surface area contributed by atoms with Gasteiger partial charge in [-0.25, -0.2) is 13.6 Å². The molecule has 80 valence electrons. The van der Waals surface area contributed by atoms with Crippen LogP contribution in [-0.4, -0.2) is 29.8 Å². The van der Waals surface area contributed by atoms with E-state index < -0.39 is 10.0 Å². The Balaban J connectivity index is 3.21. The largest absolute Gasteiger partial charge is 0.464 e. The summed E-state index contributed by atoms with van der Waals surface area (Å²) in [5.74, 6) is 0. The van der Waals surface area contributed by atoms with Gasteiger partial charge < -0.3 is 4.74 Å². The molecule has 8 heteroatoms. The number of rotatable bonds is 4. The fourth-order valence-electron chi connectivity index (χ4n) is 0.992. The summed E-state index contributed by atoms with van der Waals surface area (Å²) in [6, 6.07) is 0.166. The first-order chi connectivity index (χ1) is 6.50. The van der Waals surface area contributed by atoms with Gasteiger partial charge in [-0.2, -0.15) is 0 Å². The maximum absolute atomic E-state index is 11.0. The van der Waals surface area contributed by atoms with Gasteiger partial charge in [0.1, 0.15) is 0 Å². The van der Waals surface area contributed by atoms with Crippen LogP contribution < -0.4 is 9.88 Å². The van der Waals surface area contributed by atoms with Crippen LogP contribution in [-0.2, 0) is 16.6 Å². The van der Waals surface area contributed by atoms with Crippen LogP contribution in [0.25, 0.3) is 0 Å². The Morgan fingerprint density at radius 3 is 2.50 bits per heavy atom. The molecule has 0 spiro atoms. The Morgan fingerprint density at radius 1 is 1.43 bits per heavy atom. The molecule has 0 amide bonds. The molecular formula is C6H12N4O3S. The number of hydrogen-bond acceptors (Lipinski definition) is 5. The third-order valence-corrected chi connectivity index (χ3v) is 2.34. The first-order valence-corrected chi connectivity index (χ1v) is 5.64. The van der Waals surface area contributed by atoms with E-state index in [1.54, 1.807) is 13.8 Å². The molecule has 0 fully saturated rings. The van der Waals surface area contributed by atoms with E-state index in [2.05, 4.69) is 10.2 Å². The number of nitrogens with zero attached hydrogens (tertiary/aromatic N) is 3. The van der Waals surface area contributed by atoms with Crippen LogP contribution in [0.2, 0.25) is 0 Å². The first kappa shape index (κ1) is 10.9. The summed E-state index contributed by atoms with van der Waals surface area (Å²) in [4.78, 5) is 0. The summed E-state index contributed by atoms with van der Waals surface area (Å²) >= 11 is 0. The number of sulfonamides is 1. The van der Waals surface area contributed by atoms with Gasteiger partial charge in [-0.05, 0) is 13.8 Å². The van der Waals surface area contributed by atoms with Gasteiger partial charge in [0.15, 0.2) is 0 Å². The summed E-state index contributed by atoms with van der Waals surface area (Å²) in [5.41, 5.74) is 0. The number of nitrogens with two attached hydrogens (primary N) is 1. The lowest BCUT2D eigenvalue weighted by Gasteiger charge is -2.04. The summed E-state index contributed by atoms with van der Waals surface area (Å²) < 4.78 is 28.4. The van der Waals surface area contributed by atoms with E-state index in [9.17, 15) is 8.42 Å². The number of hydrogen-bond donors (Lipinski definition) is 1. The van der Waals surface area contributed by atoms with Crippen molar-refractivity contribution in [1.29, 1.82) is 0 Å². The van der Waals surface area contributed by atoms with E-state index in [1.165, 1.54) is 4.57 Å². The van der Waals surface area contributed by atoms with Crippen LogP contribution in [0.1, 0.15) is 13.8 Å². The smallest absolute Gasteiger partial charge is 0.317 e. The highest BCUT2D eigenvalue weighted by molar-refractivity contribution is 7.89. The average molecular weight is 220 g/mol. The zero-order valence-corrected chi connectivity index (χ0v) is 8.78. The van der Waals surface area contributed by atoms with Gasteiger partial charge in [0.2, 0.25) is 0 Å². The number of aromatic nitrogens is 3. The molecular weight excluding hydrogens is 208 g/mol. The zero-order valence-electron chi connectivity index (χ0n) is 7.97. The van der Waals surface area contributed by atoms with Crippen molar-refractivity contribution >= 4 is 10.0 Å². The highest BCUT2D eigenvalue weighted by Crippen LogP contribution is 2.12. The van der Waals surface area contributed by atoms with Crippen LogP contribution in [0, 0.1) is 0 Å². The monoisotopic (exact) mass is 220 g/mol. The van der Waals surface area contributed by atoms with Gasteiger partial charge >= 0.3 is 6.01 Å². The van der Waals surface area contributed by atoms with Gasteiger partial charge in [-0.3, -0.25) is 4.57 Å². The van der Waals surface area contributed by atoms with E-state index in [4.69, 9.17) is 9.88 Å². The molecule has 0 aliphatic rings. The zero-order chi connectivity index (χ0) is 10.8. The Morgan fingerprint density at radius 2 is 2.07 bits per heavy atom. The SMILES string of the molecule is CCOc1nnc(S(N)(=O)=O)n1CC. The molecule has 1 aromatic heterocycles. The van der Waals surface area contributed by atoms with E-state index in [-0.39, 0.29) is 11.2 Å². The fraction of sp³-hybridized carbons (Fsp3) is 0.667. The Kier molecular flexibility index (Phi) is 3.06. The normalized spacial score (nSPS) is 11.6. The Hall–Kier alpha value is -1.15. The van der Waals surface area contributed by atoms with Crippen molar-refractivity contribution in [2.24, 2.45) is 5.14 Å². The maximum atomic E-state index is 11.0. The molecule has 1 aromatic rings. The van der Waals surface area contributed by atoms with E-state index in [0.717, 1.165) is 0 Å². The predicted octanol–water partition coefficient (Wildman–Crippen LogP) is -0.656. The molecule has 0 saturated carbocycles. The molecule has 0 aromatic carbocycles. The van der Waals surface area contributed by atoms with Crippen molar-refractivity contribution in [3.05, 3.63) is 0 Å². The third-order valence-electron chi connectivity index (χ3n) is 1.53. The molecule has 0 unspecified atom stereocenters. The second-order valence-corrected chi connectivity index (χ2v) is 3.94. The van der Waals surface area contributed by atoms with Crippen molar-refractivity contribution in [2.75, 3.05) is 6.61 Å². The summed E-state index contributed by atoms with van der Waals surface area (Å²) in [6.45, 7) is 4.29. The molecule has 0 aliphatic heterocycles. The van der Waals surface area contributed by atoms with Gasteiger partial charge in [0, 0.05) is 6.54 Å². The van der Waals surface area contributed by atoms with Crippen molar-refractivity contribution in [3.8, 4) is 6.01 Å². The van der Waals surface area contributed by atoms with Crippen LogP contribution in [0.4, 0.5) is 0 Å². The minimum atomic E-state index is -3.83. The topological polar surface area (TPSA) is 100 Å². The van der Waals surface area contributed by atoms with Crippen molar-refractivity contribution in [1.82, 2.24) is 14.8 Å². The highest BCUT2D eigenvalue weighted by Gasteiger charge is 2.20. The van der Waals surface area contributed by atoms with Crippen molar-refractivity contribution < 1.29 is 13.2 Å². The van der Waals surface area contributed by atoms with Crippen molar-refractivity contribution in [3.63, 3.8) is 0 Å². The average Bonchev–Trinajstić information content (AvgIpc) is 2.47. The molecule has 7 nitrogen and oxygen atoms in total. The van der Waals surface area contributed by atoms with E-state index >= 15 is 0 Å². The van der Waals surface area contributed by atoms with Gasteiger partial charge in [-0.1, -0.05) is 5.10 Å². The Labute approximate surface area is 81.9 Å². The van der Waals surface area contributed by atoms with Crippen LogP contribution >= 0.6 is 0 Å². The lowest BCUT2D eigenvalue weighted by molar-refractivity contribution is 0.293. The third kappa shape index (κ3) is 2.02. The summed E-state index contributed by atoms with van der Waals surface area (Å²) in [7, 11) is -3.83. The van der Waals surface area contributed by atoms with Gasteiger partial charge in [0.05, 0.1) is 6.61 Å². The molecule has 0 atom stereocenters. The molecule has 0 radical (unpaired) electrons. The number of primary sulfonamides is 1. The molecule has 0 saturated heterocycles. The predicted molar refractivity (Wildman–Crippen MR) is 48.2 cm³/mol. The molecule has 0 aliphatic carbocycles. The minimum Gasteiger partial charge on any atom is -0.464 e. The second kappa shape index (κ2) is 3.93. The van der Waals surface area contributed by atoms with E-state index in [1.807, 2.05) is 0 Å². The lowest BCUT2D eigenvalue weighted by atomic mass is 10.7. The first-order valence-electron chi connectivity index (χ1n) is 4.09. The number of ether oxygens (including phenoxy) is 1. The van der Waals surface area contributed by atoms with Gasteiger partial charge in [-0.15, -0.1) is 5.10 Å². The van der Waals surface area contributed by atoms with Crippen LogP contribution in [0.3, 0.4) is 0 Å². The van der Waals surface area contributed by atoms with Crippen molar-refractivity contribution in [2.45, 2.75) is 25.5 Å². The highest BCUT2D eigenvalue weighted by atomic mass is 32.2. The maximum Gasteiger partial charge on any atom is 0.317 e. The quantitative estimate of drug-likeness (QED) is 0.726. The van der Waals surface area contributed by atoms with Crippen LogP contribution in [0.5, 0.6) is 6.01 Å². The minimum absolute atomic E-state index is 0.166. The van der Waals surface area contributed by atoms with Crippen LogP contribution in [0.15, 0.2) is 5.16 Å². The summed E-state index contributed by atoms with van der Waals surface area (Å²) in [6.07, 6.45) is 0. The van der Waals surface area contributed by atoms with E-state index in [0.29, 0.717) is 13.2 Å². The fourth-order valence-corrected chi connectivity index (χ4v) is 1.66. The molecule has 14 heavy (non-hydrogen) atoms. The molecule has 1 heterocycles. The summed E-state index contributed by atoms with van der Waals surface area (Å²) in [5, 5.41) is 11.7. The van der Waals surface area contributed by atoms with Gasteiger partial charge in [0.25, 0.3) is 15.2 Å². The molecule has 1 rings (SSSR count). The molecule has 0 bridgehead atoms. The second-order valence-electron chi connectivity index (χ2n) is 2.49. The standard InChI is InChI=1S/C6H12N4O3S/c1-3-10-5(13-4-2)8-9-6(10)14(7,11)12/h3-4H2,1-2H3,(H2,7,11,12). The lowest BCUT2D eigenvalue weighted by Crippen LogP contribution is -2.18. The molecule has 2 N–H and O–H groups in total.